The summed E-state index contributed by atoms with van der Waals surface area (Å²) in [5, 5.41) is 10.2. The molecule has 30 heavy (non-hydrogen) atoms. The third kappa shape index (κ3) is 10.9. The second-order valence-electron chi connectivity index (χ2n) is 6.93. The van der Waals surface area contributed by atoms with Gasteiger partial charge in [-0.25, -0.2) is 0 Å². The van der Waals surface area contributed by atoms with Gasteiger partial charge in [0.25, 0.3) is 0 Å². The zero-order valence-corrected chi connectivity index (χ0v) is 24.7. The lowest BCUT2D eigenvalue weighted by Crippen LogP contribution is -3.00. The number of halogens is 2. The first kappa shape index (κ1) is 37.8. The van der Waals surface area contributed by atoms with E-state index in [2.05, 4.69) is 46.0 Å². The second-order valence-corrected chi connectivity index (χ2v) is 13.6. The van der Waals surface area contributed by atoms with Crippen LogP contribution in [0.4, 0.5) is 0 Å². The van der Waals surface area contributed by atoms with Crippen LogP contribution in [0.15, 0.2) is 0 Å². The highest BCUT2D eigenvalue weighted by molar-refractivity contribution is 7.96. The fraction of sp³-hybridized carbons (Fsp3) is 0.938. The Morgan fingerprint density at radius 1 is 0.833 bits per heavy atom. The molecule has 2 N–H and O–H groups in total. The standard InChI is InChI=1S/C9H24NO3Si.C7H18N2O3SSi.2ClH/c1-8-9(10(2,3)4)14(11-5,12-6)13-7;1-5-6(9-7(8)13)14(10-2,11-3)12-4;;/h9H,8H2,1-7H3;6H,5H2,1-4H3,(H3,8,9,13);2*1H/q+1;;;/p-1. The van der Waals surface area contributed by atoms with Crippen LogP contribution in [0.5, 0.6) is 0 Å². The van der Waals surface area contributed by atoms with Gasteiger partial charge in [-0.2, -0.15) is 0 Å². The molecule has 2 atom stereocenters. The molecule has 0 fully saturated rings. The maximum Gasteiger partial charge on any atom is 0.561 e. The molecule has 0 aliphatic heterocycles. The van der Waals surface area contributed by atoms with Crippen molar-refractivity contribution in [3.8, 4) is 0 Å². The maximum atomic E-state index is 7.24. The maximum absolute atomic E-state index is 7.24. The molecule has 2 unspecified atom stereocenters. The Hall–Kier alpha value is 0.554. The van der Waals surface area contributed by atoms with E-state index in [4.69, 9.17) is 32.0 Å². The number of rotatable bonds is 12. The van der Waals surface area contributed by atoms with E-state index in [9.17, 15) is 0 Å². The molecule has 0 amide bonds. The normalized spacial score (nSPS) is 13.7. The number of thiol groups is 1. The Morgan fingerprint density at radius 2 is 1.17 bits per heavy atom. The molecule has 0 rings (SSSR count). The molecule has 0 spiro atoms. The number of nitrogens with zero attached hydrogens (tertiary/aromatic N) is 1. The van der Waals surface area contributed by atoms with Gasteiger partial charge in [0.1, 0.15) is 0 Å². The van der Waals surface area contributed by atoms with Gasteiger partial charge in [-0.1, -0.05) is 13.8 Å². The third-order valence-corrected chi connectivity index (χ3v) is 11.5. The van der Waals surface area contributed by atoms with Crippen molar-refractivity contribution in [2.45, 2.75) is 38.0 Å². The molecule has 0 bridgehead atoms. The summed E-state index contributed by atoms with van der Waals surface area (Å²) in [5.74, 6) is 0. The molecular weight excluding hydrogens is 489 g/mol. The van der Waals surface area contributed by atoms with Gasteiger partial charge in [-0.05, 0) is 6.42 Å². The quantitative estimate of drug-likeness (QED) is 0.0972. The van der Waals surface area contributed by atoms with Crippen molar-refractivity contribution in [2.24, 2.45) is 0 Å². The summed E-state index contributed by atoms with van der Waals surface area (Å²) in [7, 11) is 10.8. The van der Waals surface area contributed by atoms with Gasteiger partial charge in [0.05, 0.1) is 26.8 Å². The summed E-state index contributed by atoms with van der Waals surface area (Å²) >= 11 is 3.87. The fourth-order valence-electron chi connectivity index (χ4n) is 3.21. The van der Waals surface area contributed by atoms with Crippen molar-refractivity contribution >= 4 is 47.8 Å². The zero-order chi connectivity index (χ0) is 22.6. The topological polar surface area (TPSA) is 91.3 Å². The highest BCUT2D eigenvalue weighted by Crippen LogP contribution is 2.22. The van der Waals surface area contributed by atoms with Crippen molar-refractivity contribution in [2.75, 3.05) is 63.8 Å². The smallest absolute Gasteiger partial charge is 0.561 e. The Balaban J connectivity index is -0.000000211. The first-order valence-electron chi connectivity index (χ1n) is 9.09. The number of hydrogen-bond acceptors (Lipinski definition) is 7. The monoisotopic (exact) mass is 531 g/mol. The Labute approximate surface area is 203 Å². The van der Waals surface area contributed by atoms with Gasteiger partial charge in [0.15, 0.2) is 10.8 Å². The summed E-state index contributed by atoms with van der Waals surface area (Å²) in [5.41, 5.74) is 0.120. The summed E-state index contributed by atoms with van der Waals surface area (Å²) in [6.07, 6.45) is 1.72. The van der Waals surface area contributed by atoms with Crippen LogP contribution < -0.4 is 17.7 Å². The average molecular weight is 533 g/mol. The molecule has 0 aromatic carbocycles. The third-order valence-electron chi connectivity index (χ3n) is 4.58. The van der Waals surface area contributed by atoms with Crippen molar-refractivity contribution in [1.82, 2.24) is 5.32 Å². The zero-order valence-electron chi connectivity index (χ0n) is 20.2. The predicted octanol–water partition coefficient (Wildman–Crippen LogP) is -1.05. The number of nitrogens with one attached hydrogen (secondary N) is 2. The molecule has 0 aliphatic rings. The molecule has 0 radical (unpaired) electrons. The van der Waals surface area contributed by atoms with E-state index < -0.39 is 17.6 Å². The molecule has 0 aromatic heterocycles. The second kappa shape index (κ2) is 18.0. The van der Waals surface area contributed by atoms with Gasteiger partial charge in [-0.3, -0.25) is 5.41 Å². The van der Waals surface area contributed by atoms with Gasteiger partial charge in [0, 0.05) is 49.1 Å². The lowest BCUT2D eigenvalue weighted by atomic mass is 10.4. The van der Waals surface area contributed by atoms with E-state index in [1.807, 2.05) is 6.92 Å². The first-order valence-corrected chi connectivity index (χ1v) is 13.1. The minimum atomic E-state index is -2.71. The summed E-state index contributed by atoms with van der Waals surface area (Å²) in [6, 6.07) is 0. The van der Waals surface area contributed by atoms with E-state index in [0.717, 1.165) is 17.3 Å². The van der Waals surface area contributed by atoms with Crippen LogP contribution in [0, 0.1) is 5.41 Å². The van der Waals surface area contributed by atoms with E-state index in [0.29, 0.717) is 0 Å². The van der Waals surface area contributed by atoms with Crippen LogP contribution >= 0.6 is 25.0 Å². The highest BCUT2D eigenvalue weighted by Gasteiger charge is 2.54. The van der Waals surface area contributed by atoms with Crippen LogP contribution in [0.25, 0.3) is 0 Å². The summed E-state index contributed by atoms with van der Waals surface area (Å²) < 4.78 is 33.1. The van der Waals surface area contributed by atoms with Crippen molar-refractivity contribution in [3.63, 3.8) is 0 Å². The lowest BCUT2D eigenvalue weighted by molar-refractivity contribution is -0.887. The lowest BCUT2D eigenvalue weighted by Gasteiger charge is -2.40. The molecule has 0 saturated carbocycles. The van der Waals surface area contributed by atoms with Gasteiger partial charge in [0.2, 0.25) is 0 Å². The first-order chi connectivity index (χ1) is 12.9. The molecule has 0 heterocycles. The molecule has 9 nitrogen and oxygen atoms in total. The Bertz CT molecular complexity index is 429. The van der Waals surface area contributed by atoms with Crippen LogP contribution in [0.2, 0.25) is 0 Å². The predicted molar refractivity (Wildman–Crippen MR) is 127 cm³/mol. The largest absolute Gasteiger partial charge is 1.00 e. The molecule has 0 aromatic rings. The van der Waals surface area contributed by atoms with Gasteiger partial charge in [-0.15, -0.1) is 25.0 Å². The van der Waals surface area contributed by atoms with Crippen LogP contribution in [-0.4, -0.2) is 102 Å². The van der Waals surface area contributed by atoms with Gasteiger partial charge < -0.3 is 48.8 Å². The van der Waals surface area contributed by atoms with E-state index >= 15 is 0 Å². The number of quaternary nitrogens is 1. The van der Waals surface area contributed by atoms with Crippen molar-refractivity contribution < 1.29 is 43.4 Å². The number of amidine groups is 1. The number of hydrogen-bond donors (Lipinski definition) is 3. The van der Waals surface area contributed by atoms with Crippen molar-refractivity contribution in [3.05, 3.63) is 0 Å². The molecule has 0 aliphatic carbocycles. The summed E-state index contributed by atoms with van der Waals surface area (Å²) in [4.78, 5) is 0. The van der Waals surface area contributed by atoms with E-state index in [1.54, 1.807) is 42.7 Å². The molecule has 186 valence electrons. The SMILES string of the molecule is CCC(NC(=N)S)[Si](OC)(OC)OC.CCC([N+](C)(C)C)[Si](OC)(OC)OC.Cl.[Cl-]. The van der Waals surface area contributed by atoms with Crippen LogP contribution in [0.1, 0.15) is 26.7 Å². The molecular formula is C16H43Cl2N3O6SSi2. The molecule has 14 heteroatoms. The fourth-order valence-corrected chi connectivity index (χ4v) is 8.43. The van der Waals surface area contributed by atoms with E-state index in [1.165, 1.54) is 0 Å². The Kier molecular flexibility index (Phi) is 22.8. The minimum absolute atomic E-state index is 0. The minimum Gasteiger partial charge on any atom is -1.00 e. The Morgan fingerprint density at radius 3 is 1.30 bits per heavy atom. The summed E-state index contributed by atoms with van der Waals surface area (Å²) in [6.45, 7) is 4.10. The molecule has 0 saturated heterocycles. The highest BCUT2D eigenvalue weighted by atomic mass is 35.5. The van der Waals surface area contributed by atoms with Crippen LogP contribution in [0.3, 0.4) is 0 Å². The average Bonchev–Trinajstić information content (AvgIpc) is 2.66. The van der Waals surface area contributed by atoms with E-state index in [-0.39, 0.29) is 41.3 Å². The van der Waals surface area contributed by atoms with Gasteiger partial charge >= 0.3 is 17.6 Å². The van der Waals surface area contributed by atoms with Crippen LogP contribution in [-0.2, 0) is 26.6 Å². The van der Waals surface area contributed by atoms with Crippen molar-refractivity contribution in [1.29, 1.82) is 5.41 Å².